The van der Waals surface area contributed by atoms with Crippen molar-refractivity contribution in [3.63, 3.8) is 0 Å². The van der Waals surface area contributed by atoms with Crippen LogP contribution in [0.2, 0.25) is 0 Å². The SMILES string of the molecule is C=C1CC(CC/C=C/CCCCC)OC1=O. The normalized spacial score (nSPS) is 20.7. The third-order valence-corrected chi connectivity index (χ3v) is 2.83. The highest BCUT2D eigenvalue weighted by Crippen LogP contribution is 2.22. The van der Waals surface area contributed by atoms with Crippen molar-refractivity contribution in [2.75, 3.05) is 0 Å². The lowest BCUT2D eigenvalue weighted by atomic mass is 10.1. The predicted octanol–water partition coefficient (Wildman–Crippen LogP) is 3.77. The Kier molecular flexibility index (Phi) is 5.91. The van der Waals surface area contributed by atoms with Crippen LogP contribution in [0.15, 0.2) is 24.3 Å². The van der Waals surface area contributed by atoms with Crippen molar-refractivity contribution < 1.29 is 9.53 Å². The molecule has 0 bridgehead atoms. The van der Waals surface area contributed by atoms with Gasteiger partial charge < -0.3 is 4.74 Å². The van der Waals surface area contributed by atoms with Gasteiger partial charge in [0.1, 0.15) is 6.10 Å². The summed E-state index contributed by atoms with van der Waals surface area (Å²) in [5.41, 5.74) is 0.622. The summed E-state index contributed by atoms with van der Waals surface area (Å²) in [5.74, 6) is -0.211. The Bertz CT molecular complexity index is 250. The fourth-order valence-corrected chi connectivity index (χ4v) is 1.83. The highest BCUT2D eigenvalue weighted by molar-refractivity contribution is 5.89. The van der Waals surface area contributed by atoms with Crippen molar-refractivity contribution >= 4 is 5.97 Å². The molecule has 16 heavy (non-hydrogen) atoms. The topological polar surface area (TPSA) is 26.3 Å². The zero-order valence-electron chi connectivity index (χ0n) is 10.2. The van der Waals surface area contributed by atoms with Gasteiger partial charge in [-0.3, -0.25) is 0 Å². The average Bonchev–Trinajstić information content (AvgIpc) is 2.57. The first kappa shape index (κ1) is 13.0. The molecule has 1 rings (SSSR count). The molecule has 90 valence electrons. The Hall–Kier alpha value is -1.05. The van der Waals surface area contributed by atoms with E-state index in [9.17, 15) is 4.79 Å². The van der Waals surface area contributed by atoms with Crippen LogP contribution in [0.5, 0.6) is 0 Å². The van der Waals surface area contributed by atoms with E-state index in [2.05, 4.69) is 25.7 Å². The number of unbranched alkanes of at least 4 members (excludes halogenated alkanes) is 3. The zero-order chi connectivity index (χ0) is 11.8. The second-order valence-corrected chi connectivity index (χ2v) is 4.38. The number of ether oxygens (including phenoxy) is 1. The van der Waals surface area contributed by atoms with Crippen LogP contribution in [-0.4, -0.2) is 12.1 Å². The molecule has 1 atom stereocenters. The maximum atomic E-state index is 11.1. The largest absolute Gasteiger partial charge is 0.459 e. The molecule has 1 unspecified atom stereocenters. The maximum Gasteiger partial charge on any atom is 0.333 e. The lowest BCUT2D eigenvalue weighted by Crippen LogP contribution is -2.05. The number of rotatable bonds is 7. The van der Waals surface area contributed by atoms with Gasteiger partial charge in [0.25, 0.3) is 0 Å². The van der Waals surface area contributed by atoms with Crippen LogP contribution in [0, 0.1) is 0 Å². The summed E-state index contributed by atoms with van der Waals surface area (Å²) < 4.78 is 5.15. The third-order valence-electron chi connectivity index (χ3n) is 2.83. The Morgan fingerprint density at radius 1 is 1.38 bits per heavy atom. The number of allylic oxidation sites excluding steroid dienone is 2. The monoisotopic (exact) mass is 222 g/mol. The second-order valence-electron chi connectivity index (χ2n) is 4.38. The van der Waals surface area contributed by atoms with Crippen LogP contribution in [0.4, 0.5) is 0 Å². The highest BCUT2D eigenvalue weighted by Gasteiger charge is 2.26. The molecule has 0 N–H and O–H groups in total. The molecule has 2 heteroatoms. The van der Waals surface area contributed by atoms with Crippen LogP contribution in [0.25, 0.3) is 0 Å². The lowest BCUT2D eigenvalue weighted by Gasteiger charge is -2.05. The van der Waals surface area contributed by atoms with E-state index in [0.29, 0.717) is 12.0 Å². The molecule has 0 aromatic heterocycles. The fraction of sp³-hybridized carbons (Fsp3) is 0.643. The van der Waals surface area contributed by atoms with Crippen molar-refractivity contribution in [1.82, 2.24) is 0 Å². The standard InChI is InChI=1S/C14H22O2/c1-3-4-5-6-7-8-9-10-13-11-12(2)14(15)16-13/h7-8,13H,2-6,9-11H2,1H3/b8-7+. The first-order valence-electron chi connectivity index (χ1n) is 6.27. The van der Waals surface area contributed by atoms with E-state index >= 15 is 0 Å². The van der Waals surface area contributed by atoms with Gasteiger partial charge >= 0.3 is 5.97 Å². The number of carbonyl (C=O) groups is 1. The zero-order valence-corrected chi connectivity index (χ0v) is 10.2. The lowest BCUT2D eigenvalue weighted by molar-refractivity contribution is -0.138. The Morgan fingerprint density at radius 2 is 2.12 bits per heavy atom. The molecule has 0 aromatic carbocycles. The van der Waals surface area contributed by atoms with Gasteiger partial charge in [-0.2, -0.15) is 0 Å². The van der Waals surface area contributed by atoms with E-state index in [-0.39, 0.29) is 12.1 Å². The van der Waals surface area contributed by atoms with E-state index in [0.717, 1.165) is 12.8 Å². The number of carbonyl (C=O) groups excluding carboxylic acids is 1. The summed E-state index contributed by atoms with van der Waals surface area (Å²) >= 11 is 0. The van der Waals surface area contributed by atoms with Gasteiger partial charge in [-0.15, -0.1) is 0 Å². The van der Waals surface area contributed by atoms with Gasteiger partial charge in [0, 0.05) is 12.0 Å². The molecule has 0 amide bonds. The van der Waals surface area contributed by atoms with Crippen molar-refractivity contribution in [3.8, 4) is 0 Å². The van der Waals surface area contributed by atoms with E-state index < -0.39 is 0 Å². The molecule has 1 heterocycles. The highest BCUT2D eigenvalue weighted by atomic mass is 16.5. The molecule has 0 radical (unpaired) electrons. The summed E-state index contributed by atoms with van der Waals surface area (Å²) in [6.07, 6.45) is 12.2. The van der Waals surface area contributed by atoms with Gasteiger partial charge in [0.2, 0.25) is 0 Å². The summed E-state index contributed by atoms with van der Waals surface area (Å²) in [6, 6.07) is 0. The van der Waals surface area contributed by atoms with Crippen molar-refractivity contribution in [1.29, 1.82) is 0 Å². The van der Waals surface area contributed by atoms with Crippen LogP contribution in [-0.2, 0) is 9.53 Å². The quantitative estimate of drug-likeness (QED) is 0.283. The minimum atomic E-state index is -0.211. The minimum absolute atomic E-state index is 0.0697. The second kappa shape index (κ2) is 7.26. The first-order chi connectivity index (χ1) is 7.74. The molecular weight excluding hydrogens is 200 g/mol. The molecule has 0 aliphatic carbocycles. The summed E-state index contributed by atoms with van der Waals surface area (Å²) in [7, 11) is 0. The fourth-order valence-electron chi connectivity index (χ4n) is 1.83. The van der Waals surface area contributed by atoms with Crippen LogP contribution < -0.4 is 0 Å². The molecule has 1 aliphatic rings. The number of cyclic esters (lactones) is 1. The van der Waals surface area contributed by atoms with E-state index in [4.69, 9.17) is 4.74 Å². The van der Waals surface area contributed by atoms with Crippen LogP contribution in [0.1, 0.15) is 51.9 Å². The molecule has 1 saturated heterocycles. The van der Waals surface area contributed by atoms with E-state index in [1.807, 2.05) is 0 Å². The molecule has 0 aromatic rings. The summed E-state index contributed by atoms with van der Waals surface area (Å²) in [5, 5.41) is 0. The number of hydrogen-bond donors (Lipinski definition) is 0. The number of esters is 1. The van der Waals surface area contributed by atoms with Gasteiger partial charge in [0.05, 0.1) is 0 Å². The predicted molar refractivity (Wildman–Crippen MR) is 66.2 cm³/mol. The Labute approximate surface area is 98.4 Å². The molecular formula is C14H22O2. The van der Waals surface area contributed by atoms with Gasteiger partial charge in [0.15, 0.2) is 0 Å². The number of hydrogen-bond acceptors (Lipinski definition) is 2. The Morgan fingerprint density at radius 3 is 2.75 bits per heavy atom. The third kappa shape index (κ3) is 4.65. The smallest absolute Gasteiger partial charge is 0.333 e. The Balaban J connectivity index is 2.03. The minimum Gasteiger partial charge on any atom is -0.459 e. The van der Waals surface area contributed by atoms with Crippen LogP contribution >= 0.6 is 0 Å². The average molecular weight is 222 g/mol. The summed E-state index contributed by atoms with van der Waals surface area (Å²) in [6.45, 7) is 5.88. The summed E-state index contributed by atoms with van der Waals surface area (Å²) in [4.78, 5) is 11.1. The molecule has 2 nitrogen and oxygen atoms in total. The maximum absolute atomic E-state index is 11.1. The van der Waals surface area contributed by atoms with Gasteiger partial charge in [-0.05, 0) is 25.7 Å². The van der Waals surface area contributed by atoms with Crippen molar-refractivity contribution in [2.24, 2.45) is 0 Å². The van der Waals surface area contributed by atoms with Gasteiger partial charge in [-0.25, -0.2) is 4.79 Å². The van der Waals surface area contributed by atoms with Crippen molar-refractivity contribution in [3.05, 3.63) is 24.3 Å². The van der Waals surface area contributed by atoms with Crippen LogP contribution in [0.3, 0.4) is 0 Å². The molecule has 1 fully saturated rings. The first-order valence-corrected chi connectivity index (χ1v) is 6.27. The van der Waals surface area contributed by atoms with Gasteiger partial charge in [-0.1, -0.05) is 38.5 Å². The molecule has 0 spiro atoms. The van der Waals surface area contributed by atoms with E-state index in [1.54, 1.807) is 0 Å². The van der Waals surface area contributed by atoms with Crippen molar-refractivity contribution in [2.45, 2.75) is 58.0 Å². The van der Waals surface area contributed by atoms with E-state index in [1.165, 1.54) is 25.7 Å². The molecule has 0 saturated carbocycles. The molecule has 1 aliphatic heterocycles.